The van der Waals surface area contributed by atoms with Crippen molar-refractivity contribution >= 4 is 15.9 Å². The fourth-order valence-corrected chi connectivity index (χ4v) is 1.87. The Kier molecular flexibility index (Phi) is 3.56. The summed E-state index contributed by atoms with van der Waals surface area (Å²) in [6, 6.07) is 8.52. The van der Waals surface area contributed by atoms with Crippen LogP contribution in [0.25, 0.3) is 0 Å². The molecule has 0 N–H and O–H groups in total. The molecule has 0 unspecified atom stereocenters. The number of rotatable bonds is 2. The van der Waals surface area contributed by atoms with Crippen LogP contribution in [0.4, 0.5) is 0 Å². The van der Waals surface area contributed by atoms with Crippen molar-refractivity contribution in [1.82, 2.24) is 4.90 Å². The zero-order valence-corrected chi connectivity index (χ0v) is 9.66. The lowest BCUT2D eigenvalue weighted by atomic mass is 10.2. The van der Waals surface area contributed by atoms with Crippen LogP contribution >= 0.6 is 15.9 Å². The van der Waals surface area contributed by atoms with Gasteiger partial charge in [0.1, 0.15) is 32.8 Å². The number of hydrogen-bond donors (Lipinski definition) is 0. The Morgan fingerprint density at radius 2 is 1.79 bits per heavy atom. The van der Waals surface area contributed by atoms with E-state index in [0.717, 1.165) is 37.3 Å². The van der Waals surface area contributed by atoms with E-state index in [2.05, 4.69) is 45.1 Å². The number of morpholine rings is 1. The first-order chi connectivity index (χ1) is 6.84. The largest absolute Gasteiger partial charge is 0.369 e. The van der Waals surface area contributed by atoms with E-state index >= 15 is 0 Å². The van der Waals surface area contributed by atoms with Crippen LogP contribution in [0.5, 0.6) is 0 Å². The molecule has 1 saturated heterocycles. The first kappa shape index (κ1) is 10.1. The average Bonchev–Trinajstić information content (AvgIpc) is 2.23. The molecule has 0 aliphatic carbocycles. The number of ether oxygens (including phenoxy) is 1. The third kappa shape index (κ3) is 2.80. The van der Waals surface area contributed by atoms with Crippen molar-refractivity contribution < 1.29 is 4.74 Å². The number of benzene rings is 1. The van der Waals surface area contributed by atoms with E-state index in [1.165, 1.54) is 5.56 Å². The minimum Gasteiger partial charge on any atom is -0.369 e. The molecule has 0 atom stereocenters. The van der Waals surface area contributed by atoms with Gasteiger partial charge in [0.15, 0.2) is 0 Å². The summed E-state index contributed by atoms with van der Waals surface area (Å²) in [6.07, 6.45) is 0. The SMILES string of the molecule is Brc1ccc(C[N+]2CCOCC2)cc1. The lowest BCUT2D eigenvalue weighted by molar-refractivity contribution is 0.0731. The Morgan fingerprint density at radius 1 is 1.14 bits per heavy atom. The molecule has 3 heteroatoms. The standard InChI is InChI=1S/C11H14BrNO/c12-11-3-1-10(2-4-11)9-13-5-7-14-8-6-13/h1-4H,5-9H2/q+1. The highest BCUT2D eigenvalue weighted by Gasteiger charge is 2.19. The van der Waals surface area contributed by atoms with Gasteiger partial charge in [0.05, 0.1) is 0 Å². The lowest BCUT2D eigenvalue weighted by Crippen LogP contribution is -2.40. The van der Waals surface area contributed by atoms with Crippen molar-refractivity contribution in [1.29, 1.82) is 0 Å². The quantitative estimate of drug-likeness (QED) is 0.740. The van der Waals surface area contributed by atoms with Gasteiger partial charge in [-0.3, -0.25) is 0 Å². The summed E-state index contributed by atoms with van der Waals surface area (Å²) in [7, 11) is 0. The Bertz CT molecular complexity index is 280. The fraction of sp³-hybridized carbons (Fsp3) is 0.455. The maximum absolute atomic E-state index is 5.31. The van der Waals surface area contributed by atoms with Gasteiger partial charge in [0.25, 0.3) is 0 Å². The van der Waals surface area contributed by atoms with Gasteiger partial charge >= 0.3 is 0 Å². The molecular formula is C11H14BrNO+. The van der Waals surface area contributed by atoms with Crippen molar-refractivity contribution in [3.05, 3.63) is 34.3 Å². The molecule has 1 aromatic rings. The fourth-order valence-electron chi connectivity index (χ4n) is 1.61. The van der Waals surface area contributed by atoms with Crippen molar-refractivity contribution in [2.45, 2.75) is 6.54 Å². The molecule has 0 amide bonds. The topological polar surface area (TPSA) is 15.1 Å². The molecule has 0 aromatic heterocycles. The molecule has 1 heterocycles. The number of halogens is 1. The van der Waals surface area contributed by atoms with Gasteiger partial charge in [0.2, 0.25) is 0 Å². The zero-order chi connectivity index (χ0) is 9.80. The monoisotopic (exact) mass is 255 g/mol. The van der Waals surface area contributed by atoms with E-state index in [1.807, 2.05) is 0 Å². The van der Waals surface area contributed by atoms with Crippen LogP contribution in [0, 0.1) is 0 Å². The van der Waals surface area contributed by atoms with Crippen molar-refractivity contribution in [3.63, 3.8) is 0 Å². The first-order valence-electron chi connectivity index (χ1n) is 4.89. The van der Waals surface area contributed by atoms with Crippen LogP contribution in [0.1, 0.15) is 5.56 Å². The van der Waals surface area contributed by atoms with Gasteiger partial charge in [-0.25, -0.2) is 0 Å². The summed E-state index contributed by atoms with van der Waals surface area (Å²) in [5.74, 6) is 0. The highest BCUT2D eigenvalue weighted by atomic mass is 79.9. The van der Waals surface area contributed by atoms with E-state index in [-0.39, 0.29) is 0 Å². The highest BCUT2D eigenvalue weighted by molar-refractivity contribution is 9.10. The maximum Gasteiger partial charge on any atom is 0.148 e. The van der Waals surface area contributed by atoms with E-state index in [0.29, 0.717) is 0 Å². The second-order valence-corrected chi connectivity index (χ2v) is 4.43. The maximum atomic E-state index is 5.31. The summed E-state index contributed by atoms with van der Waals surface area (Å²) in [5, 5.41) is 0. The Labute approximate surface area is 93.0 Å². The Balaban J connectivity index is 1.92. The third-order valence-electron chi connectivity index (χ3n) is 2.42. The third-order valence-corrected chi connectivity index (χ3v) is 2.95. The minimum absolute atomic E-state index is 0.872. The van der Waals surface area contributed by atoms with Crippen LogP contribution in [-0.4, -0.2) is 26.3 Å². The van der Waals surface area contributed by atoms with E-state index in [9.17, 15) is 0 Å². The number of nitrogens with zero attached hydrogens (tertiary/aromatic N) is 1. The molecule has 1 aromatic carbocycles. The molecular weight excluding hydrogens is 242 g/mol. The van der Waals surface area contributed by atoms with Gasteiger partial charge in [0, 0.05) is 10.0 Å². The molecule has 2 rings (SSSR count). The molecule has 1 fully saturated rings. The molecule has 75 valence electrons. The van der Waals surface area contributed by atoms with Crippen LogP contribution in [0.2, 0.25) is 0 Å². The Morgan fingerprint density at radius 3 is 2.43 bits per heavy atom. The van der Waals surface area contributed by atoms with Crippen molar-refractivity contribution in [2.24, 2.45) is 0 Å². The molecule has 14 heavy (non-hydrogen) atoms. The molecule has 1 aliphatic rings. The predicted octanol–water partition coefficient (Wildman–Crippen LogP) is 2.12. The molecule has 0 bridgehead atoms. The second kappa shape index (κ2) is 4.91. The predicted molar refractivity (Wildman–Crippen MR) is 60.5 cm³/mol. The van der Waals surface area contributed by atoms with E-state index in [1.54, 1.807) is 0 Å². The van der Waals surface area contributed by atoms with Crippen molar-refractivity contribution in [2.75, 3.05) is 26.3 Å². The van der Waals surface area contributed by atoms with E-state index in [4.69, 9.17) is 4.74 Å². The second-order valence-electron chi connectivity index (χ2n) is 3.51. The van der Waals surface area contributed by atoms with Gasteiger partial charge in [-0.2, -0.15) is 4.90 Å². The molecule has 0 spiro atoms. The zero-order valence-electron chi connectivity index (χ0n) is 8.08. The average molecular weight is 256 g/mol. The molecule has 1 aliphatic heterocycles. The van der Waals surface area contributed by atoms with Crippen LogP contribution in [0.15, 0.2) is 28.7 Å². The van der Waals surface area contributed by atoms with Crippen LogP contribution in [-0.2, 0) is 11.3 Å². The summed E-state index contributed by atoms with van der Waals surface area (Å²) in [4.78, 5) is 2.42. The smallest absolute Gasteiger partial charge is 0.148 e. The molecule has 0 saturated carbocycles. The lowest BCUT2D eigenvalue weighted by Gasteiger charge is -2.17. The Hall–Kier alpha value is -0.380. The normalized spacial score (nSPS) is 18.4. The van der Waals surface area contributed by atoms with Gasteiger partial charge < -0.3 is 4.74 Å². The van der Waals surface area contributed by atoms with Crippen LogP contribution < -0.4 is 4.90 Å². The summed E-state index contributed by atoms with van der Waals surface area (Å²) in [5.41, 5.74) is 1.37. The van der Waals surface area contributed by atoms with E-state index < -0.39 is 0 Å². The number of hydrogen-bond acceptors (Lipinski definition) is 2. The molecule has 1 radical (unpaired) electrons. The van der Waals surface area contributed by atoms with Gasteiger partial charge in [-0.05, 0) is 12.1 Å². The summed E-state index contributed by atoms with van der Waals surface area (Å²) >= 11 is 3.44. The van der Waals surface area contributed by atoms with Crippen molar-refractivity contribution in [3.8, 4) is 0 Å². The van der Waals surface area contributed by atoms with Crippen LogP contribution in [0.3, 0.4) is 0 Å². The summed E-state index contributed by atoms with van der Waals surface area (Å²) in [6.45, 7) is 4.88. The first-order valence-corrected chi connectivity index (χ1v) is 5.68. The van der Waals surface area contributed by atoms with Gasteiger partial charge in [-0.15, -0.1) is 0 Å². The molecule has 2 nitrogen and oxygen atoms in total. The minimum atomic E-state index is 0.872. The summed E-state index contributed by atoms with van der Waals surface area (Å²) < 4.78 is 6.45. The van der Waals surface area contributed by atoms with Gasteiger partial charge in [-0.1, -0.05) is 28.1 Å². The highest BCUT2D eigenvalue weighted by Crippen LogP contribution is 2.11.